The second-order valence-corrected chi connectivity index (χ2v) is 10.1. The minimum Gasteiger partial charge on any atom is -0.462 e. The third-order valence-electron chi connectivity index (χ3n) is 7.36. The molecule has 1 heterocycles. The number of alkyl halides is 1. The molecular formula is C36H38BrN2O2+. The van der Waals surface area contributed by atoms with E-state index in [9.17, 15) is 4.79 Å². The lowest BCUT2D eigenvalue weighted by molar-refractivity contribution is -0.433. The first-order chi connectivity index (χ1) is 20.0. The highest BCUT2D eigenvalue weighted by atomic mass is 79.9. The maximum atomic E-state index is 13.3. The molecule has 41 heavy (non-hydrogen) atoms. The third-order valence-corrected chi connectivity index (χ3v) is 7.36. The summed E-state index contributed by atoms with van der Waals surface area (Å²) in [5.41, 5.74) is 7.83. The van der Waals surface area contributed by atoms with Crippen LogP contribution >= 0.6 is 15.9 Å². The summed E-state index contributed by atoms with van der Waals surface area (Å²) in [4.78, 5) is 15.5. The van der Waals surface area contributed by atoms with Crippen LogP contribution in [-0.4, -0.2) is 35.2 Å². The molecule has 0 radical (unpaired) electrons. The average molecular weight is 611 g/mol. The summed E-state index contributed by atoms with van der Waals surface area (Å²) < 4.78 is 7.85. The molecule has 1 aliphatic heterocycles. The molecule has 4 aromatic rings. The zero-order valence-electron chi connectivity index (χ0n) is 24.5. The number of carbonyl (C=O) groups is 1. The highest BCUT2D eigenvalue weighted by Gasteiger charge is 2.44. The maximum Gasteiger partial charge on any atom is 0.338 e. The predicted molar refractivity (Wildman–Crippen MR) is 176 cm³/mol. The van der Waals surface area contributed by atoms with Crippen molar-refractivity contribution in [3.05, 3.63) is 126 Å². The lowest BCUT2D eigenvalue weighted by Gasteiger charge is -2.25. The maximum absolute atomic E-state index is 13.3. The Hall–Kier alpha value is -3.96. The van der Waals surface area contributed by atoms with Gasteiger partial charge in [0.1, 0.15) is 6.54 Å². The van der Waals surface area contributed by atoms with E-state index >= 15 is 0 Å². The number of fused-ring (bicyclic) bond motifs is 1. The van der Waals surface area contributed by atoms with Gasteiger partial charge in [0.15, 0.2) is 5.71 Å². The average Bonchev–Trinajstić information content (AvgIpc) is 3.24. The SMILES string of the molecule is CBr.CCOC(=O)/C(=C\C1=[N+](CC)c2ccccc2C1(C)C)c1ccc(N(c2ccccc2)c2ccccc2)cc1. The van der Waals surface area contributed by atoms with Crippen LogP contribution < -0.4 is 4.90 Å². The molecule has 0 aromatic heterocycles. The molecule has 0 spiro atoms. The van der Waals surface area contributed by atoms with Gasteiger partial charge in [0.05, 0.1) is 17.6 Å². The fourth-order valence-electron chi connectivity index (χ4n) is 5.44. The molecule has 0 bridgehead atoms. The van der Waals surface area contributed by atoms with E-state index in [-0.39, 0.29) is 11.4 Å². The normalized spacial score (nSPS) is 13.7. The number of allylic oxidation sites excluding steroid dienone is 1. The van der Waals surface area contributed by atoms with Gasteiger partial charge >= 0.3 is 5.97 Å². The topological polar surface area (TPSA) is 32.6 Å². The van der Waals surface area contributed by atoms with Crippen molar-refractivity contribution in [1.29, 1.82) is 0 Å². The van der Waals surface area contributed by atoms with Gasteiger partial charge in [-0.15, -0.1) is 0 Å². The third kappa shape index (κ3) is 6.20. The van der Waals surface area contributed by atoms with E-state index in [1.54, 1.807) is 0 Å². The summed E-state index contributed by atoms with van der Waals surface area (Å²) in [6.45, 7) is 9.56. The number of rotatable bonds is 8. The van der Waals surface area contributed by atoms with E-state index in [1.165, 1.54) is 11.3 Å². The summed E-state index contributed by atoms with van der Waals surface area (Å²) in [5.74, 6) is 1.50. The van der Waals surface area contributed by atoms with Crippen LogP contribution in [0.25, 0.3) is 5.57 Å². The van der Waals surface area contributed by atoms with Gasteiger partial charge in [-0.2, -0.15) is 4.58 Å². The number of benzene rings is 4. The molecule has 5 rings (SSSR count). The molecule has 0 atom stereocenters. The van der Waals surface area contributed by atoms with E-state index in [2.05, 4.69) is 107 Å². The zero-order chi connectivity index (χ0) is 29.4. The summed E-state index contributed by atoms with van der Waals surface area (Å²) in [6.07, 6.45) is 2.03. The van der Waals surface area contributed by atoms with Crippen LogP contribution in [-0.2, 0) is 14.9 Å². The fourth-order valence-corrected chi connectivity index (χ4v) is 5.44. The molecule has 0 saturated carbocycles. The molecule has 0 N–H and O–H groups in total. The van der Waals surface area contributed by atoms with Gasteiger partial charge in [-0.3, -0.25) is 0 Å². The Balaban J connectivity index is 0.00000189. The van der Waals surface area contributed by atoms with Crippen molar-refractivity contribution < 1.29 is 14.1 Å². The molecule has 210 valence electrons. The quantitative estimate of drug-likeness (QED) is 0.0863. The molecule has 0 unspecified atom stereocenters. The summed E-state index contributed by atoms with van der Waals surface area (Å²) in [6, 6.07) is 37.3. The number of esters is 1. The lowest BCUT2D eigenvalue weighted by Crippen LogP contribution is -2.28. The lowest BCUT2D eigenvalue weighted by atomic mass is 9.80. The van der Waals surface area contributed by atoms with Gasteiger partial charge < -0.3 is 9.64 Å². The van der Waals surface area contributed by atoms with Gasteiger partial charge in [-0.05, 0) is 75.5 Å². The molecule has 4 nitrogen and oxygen atoms in total. The first-order valence-electron chi connectivity index (χ1n) is 14.0. The molecule has 1 aliphatic rings. The van der Waals surface area contributed by atoms with E-state index < -0.39 is 0 Å². The number of anilines is 3. The van der Waals surface area contributed by atoms with Crippen molar-refractivity contribution in [2.45, 2.75) is 33.1 Å². The number of hydrogen-bond donors (Lipinski definition) is 0. The van der Waals surface area contributed by atoms with E-state index in [1.807, 2.05) is 67.4 Å². The van der Waals surface area contributed by atoms with Crippen molar-refractivity contribution >= 4 is 55.9 Å². The Morgan fingerprint density at radius 2 is 1.29 bits per heavy atom. The summed E-state index contributed by atoms with van der Waals surface area (Å²) in [5, 5.41) is 0. The Bertz CT molecular complexity index is 1490. The summed E-state index contributed by atoms with van der Waals surface area (Å²) >= 11 is 2.94. The highest BCUT2D eigenvalue weighted by Crippen LogP contribution is 2.41. The van der Waals surface area contributed by atoms with Crippen LogP contribution in [0.2, 0.25) is 0 Å². The van der Waals surface area contributed by atoms with Crippen molar-refractivity contribution in [2.24, 2.45) is 0 Å². The number of carbonyl (C=O) groups excluding carboxylic acids is 1. The molecule has 0 saturated heterocycles. The smallest absolute Gasteiger partial charge is 0.338 e. The van der Waals surface area contributed by atoms with Crippen LogP contribution in [0.15, 0.2) is 115 Å². The van der Waals surface area contributed by atoms with Gasteiger partial charge in [-0.1, -0.05) is 82.7 Å². The zero-order valence-corrected chi connectivity index (χ0v) is 26.1. The van der Waals surface area contributed by atoms with Gasteiger partial charge in [0.25, 0.3) is 0 Å². The monoisotopic (exact) mass is 609 g/mol. The number of nitrogens with zero attached hydrogens (tertiary/aromatic N) is 2. The largest absolute Gasteiger partial charge is 0.462 e. The minimum absolute atomic E-state index is 0.248. The fraction of sp³-hybridized carbons (Fsp3) is 0.222. The molecule has 5 heteroatoms. The van der Waals surface area contributed by atoms with Crippen LogP contribution in [0, 0.1) is 0 Å². The number of ether oxygens (including phenoxy) is 1. The number of para-hydroxylation sites is 3. The second-order valence-electron chi connectivity index (χ2n) is 10.1. The first-order valence-corrected chi connectivity index (χ1v) is 15.6. The number of hydrogen-bond acceptors (Lipinski definition) is 3. The van der Waals surface area contributed by atoms with Gasteiger partial charge in [0.2, 0.25) is 5.69 Å². The molecule has 0 aliphatic carbocycles. The Labute approximate surface area is 252 Å². The second kappa shape index (κ2) is 13.6. The molecule has 0 amide bonds. The van der Waals surface area contributed by atoms with Crippen molar-refractivity contribution in [3.8, 4) is 0 Å². The van der Waals surface area contributed by atoms with E-state index in [0.29, 0.717) is 12.2 Å². The Morgan fingerprint density at radius 1 is 0.780 bits per heavy atom. The van der Waals surface area contributed by atoms with Gasteiger partial charge in [0, 0.05) is 34.8 Å². The molecular weight excluding hydrogens is 572 g/mol. The van der Waals surface area contributed by atoms with Crippen molar-refractivity contribution in [1.82, 2.24) is 0 Å². The number of halogens is 1. The highest BCUT2D eigenvalue weighted by molar-refractivity contribution is 9.08. The Kier molecular flexibility index (Phi) is 9.95. The minimum atomic E-state index is -0.316. The predicted octanol–water partition coefficient (Wildman–Crippen LogP) is 9.21. The summed E-state index contributed by atoms with van der Waals surface area (Å²) in [7, 11) is 0. The van der Waals surface area contributed by atoms with E-state index in [0.717, 1.165) is 34.9 Å². The van der Waals surface area contributed by atoms with Crippen LogP contribution in [0.5, 0.6) is 0 Å². The first kappa shape index (κ1) is 30.0. The molecule has 4 aromatic carbocycles. The van der Waals surface area contributed by atoms with Crippen LogP contribution in [0.4, 0.5) is 22.7 Å². The standard InChI is InChI=1S/C35H35N2O2.CH3Br/c1-5-36-32-20-14-13-19-31(32)35(3,4)33(36)25-30(34(38)39-6-2)26-21-23-29(24-22-26)37(27-15-9-7-10-16-27)28-17-11-8-12-18-28;1-2/h7-25H,5-6H2,1-4H3;1H3/q+1;. The van der Waals surface area contributed by atoms with Gasteiger partial charge in [-0.25, -0.2) is 4.79 Å². The van der Waals surface area contributed by atoms with Crippen molar-refractivity contribution in [3.63, 3.8) is 0 Å². The van der Waals surface area contributed by atoms with Crippen molar-refractivity contribution in [2.75, 3.05) is 23.9 Å². The van der Waals surface area contributed by atoms with Crippen LogP contribution in [0.3, 0.4) is 0 Å². The van der Waals surface area contributed by atoms with Crippen LogP contribution in [0.1, 0.15) is 38.8 Å². The molecule has 0 fully saturated rings. The Morgan fingerprint density at radius 3 is 1.83 bits per heavy atom. The van der Waals surface area contributed by atoms with E-state index in [4.69, 9.17) is 4.74 Å².